The van der Waals surface area contributed by atoms with Crippen LogP contribution in [0.5, 0.6) is 0 Å². The topological polar surface area (TPSA) is 55.6 Å². The predicted molar refractivity (Wildman–Crippen MR) is 84.9 cm³/mol. The van der Waals surface area contributed by atoms with E-state index >= 15 is 0 Å². The Morgan fingerprint density at radius 3 is 2.48 bits per heavy atom. The Hall–Kier alpha value is -0.610. The molecule has 21 heavy (non-hydrogen) atoms. The SMILES string of the molecule is CCOC1CC(N)(C(=O)N(C)C2CCCCC2C)C1(C)C. The monoisotopic (exact) mass is 296 g/mol. The van der Waals surface area contributed by atoms with E-state index in [1.165, 1.54) is 19.3 Å². The first kappa shape index (κ1) is 16.8. The van der Waals surface area contributed by atoms with E-state index in [0.717, 1.165) is 6.42 Å². The van der Waals surface area contributed by atoms with Gasteiger partial charge in [-0.2, -0.15) is 0 Å². The fourth-order valence-electron chi connectivity index (χ4n) is 4.14. The zero-order valence-corrected chi connectivity index (χ0v) is 14.3. The molecule has 0 aromatic heterocycles. The van der Waals surface area contributed by atoms with Gasteiger partial charge in [0.25, 0.3) is 0 Å². The molecule has 4 heteroatoms. The maximum atomic E-state index is 13.0. The van der Waals surface area contributed by atoms with Crippen LogP contribution in [0.4, 0.5) is 0 Å². The Morgan fingerprint density at radius 2 is 1.95 bits per heavy atom. The maximum Gasteiger partial charge on any atom is 0.243 e. The average Bonchev–Trinajstić information content (AvgIpc) is 2.45. The van der Waals surface area contributed by atoms with Crippen LogP contribution in [-0.2, 0) is 9.53 Å². The van der Waals surface area contributed by atoms with Gasteiger partial charge in [-0.05, 0) is 25.7 Å². The van der Waals surface area contributed by atoms with Crippen molar-refractivity contribution in [3.05, 3.63) is 0 Å². The Kier molecular flexibility index (Phi) is 4.69. The average molecular weight is 296 g/mol. The van der Waals surface area contributed by atoms with Crippen LogP contribution < -0.4 is 5.73 Å². The summed E-state index contributed by atoms with van der Waals surface area (Å²) in [5.74, 6) is 0.671. The highest BCUT2D eigenvalue weighted by atomic mass is 16.5. The largest absolute Gasteiger partial charge is 0.378 e. The number of rotatable bonds is 4. The van der Waals surface area contributed by atoms with Crippen molar-refractivity contribution < 1.29 is 9.53 Å². The lowest BCUT2D eigenvalue weighted by atomic mass is 9.54. The molecule has 0 aromatic rings. The molecule has 2 saturated carbocycles. The van der Waals surface area contributed by atoms with E-state index in [1.54, 1.807) is 0 Å². The van der Waals surface area contributed by atoms with Crippen LogP contribution in [0.3, 0.4) is 0 Å². The third kappa shape index (κ3) is 2.61. The molecule has 0 saturated heterocycles. The van der Waals surface area contributed by atoms with E-state index in [2.05, 4.69) is 20.8 Å². The Morgan fingerprint density at radius 1 is 1.33 bits per heavy atom. The van der Waals surface area contributed by atoms with Crippen molar-refractivity contribution in [2.75, 3.05) is 13.7 Å². The summed E-state index contributed by atoms with van der Waals surface area (Å²) in [6, 6.07) is 0.341. The lowest BCUT2D eigenvalue weighted by molar-refractivity contribution is -0.181. The van der Waals surface area contributed by atoms with Crippen molar-refractivity contribution in [3.8, 4) is 0 Å². The molecule has 4 unspecified atom stereocenters. The minimum Gasteiger partial charge on any atom is -0.378 e. The van der Waals surface area contributed by atoms with Gasteiger partial charge in [-0.15, -0.1) is 0 Å². The molecule has 0 radical (unpaired) electrons. The predicted octanol–water partition coefficient (Wildman–Crippen LogP) is 2.56. The van der Waals surface area contributed by atoms with Crippen molar-refractivity contribution >= 4 is 5.91 Å². The van der Waals surface area contributed by atoms with Gasteiger partial charge in [-0.25, -0.2) is 0 Å². The molecule has 0 aliphatic heterocycles. The van der Waals surface area contributed by atoms with Gasteiger partial charge >= 0.3 is 0 Å². The third-order valence-corrected chi connectivity index (χ3v) is 6.10. The number of nitrogens with zero attached hydrogens (tertiary/aromatic N) is 1. The zero-order chi connectivity index (χ0) is 15.8. The Bertz CT molecular complexity index is 396. The minimum absolute atomic E-state index is 0.0913. The first-order valence-electron chi connectivity index (χ1n) is 8.43. The number of amides is 1. The fourth-order valence-corrected chi connectivity index (χ4v) is 4.14. The Balaban J connectivity index is 2.09. The van der Waals surface area contributed by atoms with E-state index in [9.17, 15) is 4.79 Å². The van der Waals surface area contributed by atoms with Crippen LogP contribution in [0.2, 0.25) is 0 Å². The fraction of sp³-hybridized carbons (Fsp3) is 0.941. The van der Waals surface area contributed by atoms with Crippen LogP contribution >= 0.6 is 0 Å². The van der Waals surface area contributed by atoms with Crippen molar-refractivity contribution in [2.45, 2.75) is 77.5 Å². The molecule has 4 atom stereocenters. The van der Waals surface area contributed by atoms with Gasteiger partial charge in [0.15, 0.2) is 0 Å². The molecule has 1 amide bonds. The second-order valence-electron chi connectivity index (χ2n) is 7.59. The van der Waals surface area contributed by atoms with E-state index in [1.807, 2.05) is 18.9 Å². The first-order valence-corrected chi connectivity index (χ1v) is 8.43. The molecule has 0 aromatic carbocycles. The van der Waals surface area contributed by atoms with Gasteiger partial charge in [0.05, 0.1) is 6.10 Å². The number of hydrogen-bond acceptors (Lipinski definition) is 3. The number of carbonyl (C=O) groups is 1. The molecule has 0 spiro atoms. The highest BCUT2D eigenvalue weighted by Gasteiger charge is 2.63. The molecule has 2 N–H and O–H groups in total. The second kappa shape index (κ2) is 5.88. The van der Waals surface area contributed by atoms with Crippen molar-refractivity contribution in [2.24, 2.45) is 17.1 Å². The van der Waals surface area contributed by atoms with Crippen molar-refractivity contribution in [1.82, 2.24) is 4.90 Å². The minimum atomic E-state index is -0.779. The first-order chi connectivity index (χ1) is 9.75. The van der Waals surface area contributed by atoms with Crippen LogP contribution in [0.1, 0.15) is 59.8 Å². The summed E-state index contributed by atoms with van der Waals surface area (Å²) < 4.78 is 5.73. The van der Waals surface area contributed by atoms with Crippen LogP contribution in [0.15, 0.2) is 0 Å². The van der Waals surface area contributed by atoms with Gasteiger partial charge in [0.1, 0.15) is 5.54 Å². The Labute approximate surface area is 129 Å². The van der Waals surface area contributed by atoms with Gasteiger partial charge in [0, 0.05) is 31.5 Å². The van der Waals surface area contributed by atoms with Gasteiger partial charge in [-0.3, -0.25) is 4.79 Å². The number of carbonyl (C=O) groups excluding carboxylic acids is 1. The van der Waals surface area contributed by atoms with Crippen LogP contribution in [-0.4, -0.2) is 42.1 Å². The third-order valence-electron chi connectivity index (χ3n) is 6.10. The summed E-state index contributed by atoms with van der Waals surface area (Å²) in [6.45, 7) is 9.05. The van der Waals surface area contributed by atoms with E-state index in [4.69, 9.17) is 10.5 Å². The molecule has 122 valence electrons. The van der Waals surface area contributed by atoms with Gasteiger partial charge < -0.3 is 15.4 Å². The molecule has 4 nitrogen and oxygen atoms in total. The van der Waals surface area contributed by atoms with E-state index in [-0.39, 0.29) is 17.4 Å². The quantitative estimate of drug-likeness (QED) is 0.867. The smallest absolute Gasteiger partial charge is 0.243 e. The number of hydrogen-bond donors (Lipinski definition) is 1. The second-order valence-corrected chi connectivity index (χ2v) is 7.59. The molecule has 2 aliphatic rings. The van der Waals surface area contributed by atoms with Crippen molar-refractivity contribution in [3.63, 3.8) is 0 Å². The normalized spacial score (nSPS) is 38.7. The van der Waals surface area contributed by atoms with Crippen LogP contribution in [0, 0.1) is 11.3 Å². The van der Waals surface area contributed by atoms with Gasteiger partial charge in [0.2, 0.25) is 5.91 Å². The lowest BCUT2D eigenvalue weighted by Crippen LogP contribution is -2.76. The maximum absolute atomic E-state index is 13.0. The number of ether oxygens (including phenoxy) is 1. The highest BCUT2D eigenvalue weighted by Crippen LogP contribution is 2.51. The molecule has 0 heterocycles. The summed E-state index contributed by atoms with van der Waals surface area (Å²) in [4.78, 5) is 14.9. The number of likely N-dealkylation sites (N-methyl/N-ethyl adjacent to an activating group) is 1. The molecular formula is C17H32N2O2. The molecule has 2 rings (SSSR count). The lowest BCUT2D eigenvalue weighted by Gasteiger charge is -2.59. The summed E-state index contributed by atoms with van der Waals surface area (Å²) in [6.07, 6.45) is 5.55. The van der Waals surface area contributed by atoms with Crippen molar-refractivity contribution in [1.29, 1.82) is 0 Å². The van der Waals surface area contributed by atoms with Gasteiger partial charge in [-0.1, -0.05) is 33.6 Å². The number of nitrogens with two attached hydrogens (primary N) is 1. The molecular weight excluding hydrogens is 264 g/mol. The molecule has 2 aliphatic carbocycles. The molecule has 0 bridgehead atoms. The summed E-state index contributed by atoms with van der Waals surface area (Å²) >= 11 is 0. The standard InChI is InChI=1S/C17H32N2O2/c1-6-21-14-11-17(18,16(14,3)4)15(20)19(5)13-10-8-7-9-12(13)2/h12-14H,6-11,18H2,1-5H3. The summed E-state index contributed by atoms with van der Waals surface area (Å²) in [5, 5.41) is 0. The van der Waals surface area contributed by atoms with E-state index < -0.39 is 5.54 Å². The highest BCUT2D eigenvalue weighted by molar-refractivity contribution is 5.89. The van der Waals surface area contributed by atoms with E-state index in [0.29, 0.717) is 25.0 Å². The molecule has 2 fully saturated rings. The summed E-state index contributed by atoms with van der Waals surface area (Å²) in [5.41, 5.74) is 5.45. The van der Waals surface area contributed by atoms with Crippen LogP contribution in [0.25, 0.3) is 0 Å². The zero-order valence-electron chi connectivity index (χ0n) is 14.3. The summed E-state index contributed by atoms with van der Waals surface area (Å²) in [7, 11) is 1.94.